The van der Waals surface area contributed by atoms with Crippen molar-refractivity contribution in [3.8, 4) is 0 Å². The number of carbonyl (C=O) groups is 1. The standard InChI is InChI=1S/C13H10BrF2N3O/c14-8-4-12(10(16)5-9(8)15)19-13(20)7-2-1-6(17)3-11(7)18/h1-5H,17-18H2,(H,19,20). The van der Waals surface area contributed by atoms with E-state index in [1.807, 2.05) is 0 Å². The van der Waals surface area contributed by atoms with Gasteiger partial charge in [0.2, 0.25) is 0 Å². The number of nitrogen functional groups attached to an aromatic ring is 2. The van der Waals surface area contributed by atoms with Crippen molar-refractivity contribution in [2.24, 2.45) is 0 Å². The second-order valence-electron chi connectivity index (χ2n) is 4.05. The van der Waals surface area contributed by atoms with Crippen LogP contribution in [0.2, 0.25) is 0 Å². The van der Waals surface area contributed by atoms with Crippen LogP contribution in [0.5, 0.6) is 0 Å². The fourth-order valence-electron chi connectivity index (χ4n) is 1.60. The molecule has 4 nitrogen and oxygen atoms in total. The number of nitrogens with two attached hydrogens (primary N) is 2. The Balaban J connectivity index is 2.30. The van der Waals surface area contributed by atoms with Gasteiger partial charge in [-0.3, -0.25) is 4.79 Å². The van der Waals surface area contributed by atoms with E-state index < -0.39 is 17.5 Å². The monoisotopic (exact) mass is 341 g/mol. The number of halogens is 3. The summed E-state index contributed by atoms with van der Waals surface area (Å²) in [5.41, 5.74) is 11.8. The van der Waals surface area contributed by atoms with Crippen LogP contribution in [0.25, 0.3) is 0 Å². The number of amides is 1. The van der Waals surface area contributed by atoms with Gasteiger partial charge >= 0.3 is 0 Å². The zero-order valence-electron chi connectivity index (χ0n) is 10.1. The number of nitrogens with one attached hydrogen (secondary N) is 1. The Morgan fingerprint density at radius 2 is 1.80 bits per heavy atom. The van der Waals surface area contributed by atoms with E-state index >= 15 is 0 Å². The highest BCUT2D eigenvalue weighted by Gasteiger charge is 2.14. The van der Waals surface area contributed by atoms with Gasteiger partial charge in [0.25, 0.3) is 5.91 Å². The van der Waals surface area contributed by atoms with Crippen molar-refractivity contribution in [3.05, 3.63) is 52.0 Å². The molecule has 0 fully saturated rings. The highest BCUT2D eigenvalue weighted by molar-refractivity contribution is 9.10. The molecule has 1 amide bonds. The van der Waals surface area contributed by atoms with Crippen molar-refractivity contribution < 1.29 is 13.6 Å². The molecule has 0 spiro atoms. The van der Waals surface area contributed by atoms with E-state index in [1.165, 1.54) is 18.2 Å². The molecule has 0 heterocycles. The molecular weight excluding hydrogens is 332 g/mol. The van der Waals surface area contributed by atoms with Gasteiger partial charge in [-0.1, -0.05) is 0 Å². The van der Waals surface area contributed by atoms with Crippen LogP contribution in [0.15, 0.2) is 34.8 Å². The summed E-state index contributed by atoms with van der Waals surface area (Å²) < 4.78 is 26.7. The minimum atomic E-state index is -0.881. The molecule has 7 heteroatoms. The summed E-state index contributed by atoms with van der Waals surface area (Å²) in [6, 6.07) is 6.16. The SMILES string of the molecule is Nc1ccc(C(=O)Nc2cc(Br)c(F)cc2F)c(N)c1. The third kappa shape index (κ3) is 2.88. The van der Waals surface area contributed by atoms with E-state index in [4.69, 9.17) is 11.5 Å². The molecule has 0 aliphatic carbocycles. The summed E-state index contributed by atoms with van der Waals surface area (Å²) in [4.78, 5) is 12.0. The van der Waals surface area contributed by atoms with Crippen LogP contribution < -0.4 is 16.8 Å². The number of hydrogen-bond acceptors (Lipinski definition) is 3. The number of anilines is 3. The van der Waals surface area contributed by atoms with E-state index in [0.717, 1.165) is 6.07 Å². The first-order valence-corrected chi connectivity index (χ1v) is 6.28. The minimum absolute atomic E-state index is 0.0412. The van der Waals surface area contributed by atoms with Gasteiger partial charge in [0.05, 0.1) is 15.7 Å². The third-order valence-electron chi connectivity index (χ3n) is 2.58. The van der Waals surface area contributed by atoms with Crippen molar-refractivity contribution in [3.63, 3.8) is 0 Å². The Morgan fingerprint density at radius 1 is 1.10 bits per heavy atom. The lowest BCUT2D eigenvalue weighted by Crippen LogP contribution is -2.15. The lowest BCUT2D eigenvalue weighted by molar-refractivity contribution is 0.102. The van der Waals surface area contributed by atoms with Crippen LogP contribution in [-0.4, -0.2) is 5.91 Å². The number of benzene rings is 2. The Bertz CT molecular complexity index is 692. The van der Waals surface area contributed by atoms with E-state index in [-0.39, 0.29) is 21.4 Å². The summed E-state index contributed by atoms with van der Waals surface area (Å²) in [5, 5.41) is 2.32. The van der Waals surface area contributed by atoms with E-state index in [9.17, 15) is 13.6 Å². The Hall–Kier alpha value is -2.15. The van der Waals surface area contributed by atoms with Crippen molar-refractivity contribution in [1.29, 1.82) is 0 Å². The van der Waals surface area contributed by atoms with Crippen LogP contribution in [0.4, 0.5) is 25.8 Å². The molecule has 0 aliphatic rings. The van der Waals surface area contributed by atoms with Crippen LogP contribution in [0.3, 0.4) is 0 Å². The van der Waals surface area contributed by atoms with Gasteiger partial charge in [-0.2, -0.15) is 0 Å². The first kappa shape index (κ1) is 14.3. The summed E-state index contributed by atoms with van der Waals surface area (Å²) in [7, 11) is 0. The normalized spacial score (nSPS) is 10.3. The van der Waals surface area contributed by atoms with Crippen molar-refractivity contribution in [2.45, 2.75) is 0 Å². The summed E-state index contributed by atoms with van der Waals surface area (Å²) in [5.74, 6) is -2.25. The maximum absolute atomic E-state index is 13.5. The van der Waals surface area contributed by atoms with Gasteiger partial charge in [-0.05, 0) is 40.2 Å². The predicted octanol–water partition coefficient (Wildman–Crippen LogP) is 3.14. The predicted molar refractivity (Wildman–Crippen MR) is 77.3 cm³/mol. The molecule has 2 aromatic rings. The Kier molecular flexibility index (Phi) is 3.89. The van der Waals surface area contributed by atoms with Gasteiger partial charge in [0.15, 0.2) is 0 Å². The molecular formula is C13H10BrF2N3O. The quantitative estimate of drug-likeness (QED) is 0.579. The highest BCUT2D eigenvalue weighted by atomic mass is 79.9. The van der Waals surface area contributed by atoms with Crippen LogP contribution in [-0.2, 0) is 0 Å². The zero-order chi connectivity index (χ0) is 14.9. The molecule has 2 rings (SSSR count). The Labute approximate surface area is 121 Å². The molecule has 0 aromatic heterocycles. The highest BCUT2D eigenvalue weighted by Crippen LogP contribution is 2.25. The molecule has 0 aliphatic heterocycles. The van der Waals surface area contributed by atoms with Crippen molar-refractivity contribution >= 4 is 38.9 Å². The molecule has 0 saturated heterocycles. The first-order chi connectivity index (χ1) is 9.38. The molecule has 0 atom stereocenters. The molecule has 104 valence electrons. The average Bonchev–Trinajstić information content (AvgIpc) is 2.35. The third-order valence-corrected chi connectivity index (χ3v) is 3.19. The lowest BCUT2D eigenvalue weighted by atomic mass is 10.1. The topological polar surface area (TPSA) is 81.1 Å². The van der Waals surface area contributed by atoms with Gasteiger partial charge in [-0.25, -0.2) is 8.78 Å². The van der Waals surface area contributed by atoms with Gasteiger partial charge in [-0.15, -0.1) is 0 Å². The molecule has 0 unspecified atom stereocenters. The summed E-state index contributed by atoms with van der Waals surface area (Å²) in [6.45, 7) is 0. The maximum Gasteiger partial charge on any atom is 0.257 e. The summed E-state index contributed by atoms with van der Waals surface area (Å²) in [6.07, 6.45) is 0. The molecule has 0 radical (unpaired) electrons. The Morgan fingerprint density at radius 3 is 2.45 bits per heavy atom. The van der Waals surface area contributed by atoms with Crippen molar-refractivity contribution in [2.75, 3.05) is 16.8 Å². The van der Waals surface area contributed by atoms with E-state index in [0.29, 0.717) is 11.8 Å². The van der Waals surface area contributed by atoms with E-state index in [1.54, 1.807) is 0 Å². The zero-order valence-corrected chi connectivity index (χ0v) is 11.7. The van der Waals surface area contributed by atoms with Crippen LogP contribution >= 0.6 is 15.9 Å². The van der Waals surface area contributed by atoms with Gasteiger partial charge < -0.3 is 16.8 Å². The molecule has 20 heavy (non-hydrogen) atoms. The van der Waals surface area contributed by atoms with Crippen LogP contribution in [0, 0.1) is 11.6 Å². The fourth-order valence-corrected chi connectivity index (χ4v) is 1.94. The number of hydrogen-bond donors (Lipinski definition) is 3. The molecule has 0 bridgehead atoms. The van der Waals surface area contributed by atoms with Gasteiger partial charge in [0.1, 0.15) is 11.6 Å². The number of rotatable bonds is 2. The fraction of sp³-hybridized carbons (Fsp3) is 0. The second-order valence-corrected chi connectivity index (χ2v) is 4.90. The first-order valence-electron chi connectivity index (χ1n) is 5.49. The van der Waals surface area contributed by atoms with Crippen LogP contribution in [0.1, 0.15) is 10.4 Å². The number of carbonyl (C=O) groups excluding carboxylic acids is 1. The minimum Gasteiger partial charge on any atom is -0.399 e. The maximum atomic E-state index is 13.5. The molecule has 0 saturated carbocycles. The largest absolute Gasteiger partial charge is 0.399 e. The van der Waals surface area contributed by atoms with Crippen molar-refractivity contribution in [1.82, 2.24) is 0 Å². The molecule has 5 N–H and O–H groups in total. The smallest absolute Gasteiger partial charge is 0.257 e. The summed E-state index contributed by atoms with van der Waals surface area (Å²) >= 11 is 2.92. The molecule has 2 aromatic carbocycles. The second kappa shape index (κ2) is 5.46. The van der Waals surface area contributed by atoms with E-state index in [2.05, 4.69) is 21.2 Å². The average molecular weight is 342 g/mol. The lowest BCUT2D eigenvalue weighted by Gasteiger charge is -2.09. The van der Waals surface area contributed by atoms with Gasteiger partial charge in [0, 0.05) is 17.4 Å².